The fraction of sp³-hybridized carbons (Fsp3) is 0.182. The third kappa shape index (κ3) is 4.68. The van der Waals surface area contributed by atoms with E-state index in [9.17, 15) is 9.59 Å². The molecule has 0 spiro atoms. The second-order valence-electron chi connectivity index (χ2n) is 10.5. The summed E-state index contributed by atoms with van der Waals surface area (Å²) in [6, 6.07) is 17.6. The van der Waals surface area contributed by atoms with Gasteiger partial charge in [0.1, 0.15) is 11.1 Å². The van der Waals surface area contributed by atoms with Crippen molar-refractivity contribution in [2.45, 2.75) is 26.8 Å². The molecule has 44 heavy (non-hydrogen) atoms. The van der Waals surface area contributed by atoms with Crippen molar-refractivity contribution in [3.8, 4) is 17.1 Å². The van der Waals surface area contributed by atoms with Gasteiger partial charge in [-0.25, -0.2) is 14.3 Å². The van der Waals surface area contributed by atoms with Gasteiger partial charge in [0.05, 0.1) is 23.4 Å². The Labute approximate surface area is 252 Å². The van der Waals surface area contributed by atoms with E-state index in [0.29, 0.717) is 47.2 Å². The molecule has 6 aromatic rings. The fourth-order valence-electron chi connectivity index (χ4n) is 5.59. The van der Waals surface area contributed by atoms with Crippen molar-refractivity contribution < 1.29 is 9.53 Å². The Hall–Kier alpha value is -5.71. The van der Waals surface area contributed by atoms with Gasteiger partial charge in [-0.2, -0.15) is 4.98 Å². The number of hydrogen-bond donors (Lipinski definition) is 1. The van der Waals surface area contributed by atoms with E-state index in [1.165, 1.54) is 0 Å². The zero-order valence-corrected chi connectivity index (χ0v) is 24.3. The van der Waals surface area contributed by atoms with Crippen LogP contribution >= 0.6 is 0 Å². The topological polar surface area (TPSA) is 112 Å². The number of carbonyl (C=O) groups excluding carboxylic acids is 1. The van der Waals surface area contributed by atoms with Crippen molar-refractivity contribution in [1.29, 1.82) is 0 Å². The Bertz CT molecular complexity index is 2110. The number of fused-ring (bicyclic) bond motifs is 3. The summed E-state index contributed by atoms with van der Waals surface area (Å²) in [5.41, 5.74) is 4.49. The van der Waals surface area contributed by atoms with E-state index in [4.69, 9.17) is 9.72 Å². The smallest absolute Gasteiger partial charge is 0.278 e. The van der Waals surface area contributed by atoms with Crippen molar-refractivity contribution in [3.63, 3.8) is 0 Å². The Kier molecular flexibility index (Phi) is 6.89. The third-order valence-electron chi connectivity index (χ3n) is 7.65. The molecule has 0 bridgehead atoms. The number of nitrogens with one attached hydrogen (secondary N) is 1. The minimum absolute atomic E-state index is 0.00725. The maximum atomic E-state index is 13.6. The third-order valence-corrected chi connectivity index (χ3v) is 7.65. The summed E-state index contributed by atoms with van der Waals surface area (Å²) in [5.74, 6) is 0.888. The van der Waals surface area contributed by atoms with Gasteiger partial charge >= 0.3 is 0 Å². The minimum Gasteiger partial charge on any atom is -0.482 e. The van der Waals surface area contributed by atoms with Crippen LogP contribution < -0.4 is 20.5 Å². The minimum atomic E-state index is -0.209. The first-order valence-corrected chi connectivity index (χ1v) is 14.5. The standard InChI is InChI=1S/C33H30N8O3/c1-3-5-16-40-32(43)26-20-35-33(36-23-6-8-27-22(18-23)12-17-38(27)24-10-13-34-14-11-24)37-31(26)41(40)25-7-9-29-28(19-25)39(15-4-2)30(42)21-44-29/h3,5-14,17-20H,4,15-16,21H2,1-2H3,(H,35,36,37)/b5-3-. The van der Waals surface area contributed by atoms with Crippen LogP contribution in [0.1, 0.15) is 20.3 Å². The van der Waals surface area contributed by atoms with Gasteiger partial charge in [-0.3, -0.25) is 14.6 Å². The number of allylic oxidation sites excluding steroid dienone is 2. The van der Waals surface area contributed by atoms with Crippen LogP contribution in [0, 0.1) is 0 Å². The molecule has 1 aliphatic heterocycles. The van der Waals surface area contributed by atoms with Crippen LogP contribution in [-0.4, -0.2) is 47.9 Å². The summed E-state index contributed by atoms with van der Waals surface area (Å²) in [5, 5.41) is 4.75. The summed E-state index contributed by atoms with van der Waals surface area (Å²) < 4.78 is 11.2. The highest BCUT2D eigenvalue weighted by Crippen LogP contribution is 2.35. The molecule has 0 aliphatic carbocycles. The summed E-state index contributed by atoms with van der Waals surface area (Å²) >= 11 is 0. The molecule has 11 nitrogen and oxygen atoms in total. The molecule has 0 saturated heterocycles. The van der Waals surface area contributed by atoms with Gasteiger partial charge in [0.15, 0.2) is 12.3 Å². The van der Waals surface area contributed by atoms with Crippen LogP contribution in [0.5, 0.6) is 5.75 Å². The van der Waals surface area contributed by atoms with Gasteiger partial charge in [-0.1, -0.05) is 19.1 Å². The van der Waals surface area contributed by atoms with Crippen LogP contribution in [0.25, 0.3) is 33.3 Å². The molecule has 0 saturated carbocycles. The molecule has 1 N–H and O–H groups in total. The Morgan fingerprint density at radius 2 is 1.89 bits per heavy atom. The van der Waals surface area contributed by atoms with Gasteiger partial charge in [0.2, 0.25) is 5.95 Å². The molecular weight excluding hydrogens is 556 g/mol. The van der Waals surface area contributed by atoms with Gasteiger partial charge in [-0.05, 0) is 67.9 Å². The monoisotopic (exact) mass is 586 g/mol. The molecule has 5 heterocycles. The molecule has 220 valence electrons. The number of nitrogens with zero attached hydrogens (tertiary/aromatic N) is 7. The number of hydrogen-bond acceptors (Lipinski definition) is 7. The van der Waals surface area contributed by atoms with Crippen LogP contribution in [0.15, 0.2) is 96.3 Å². The SMILES string of the molecule is C/C=C\Cn1c(=O)c2cnc(Nc3ccc4c(ccn4-c4ccncc4)c3)nc2n1-c1ccc2c(c1)N(CCC)C(=O)CO2. The molecule has 2 aromatic carbocycles. The Morgan fingerprint density at radius 1 is 1.02 bits per heavy atom. The van der Waals surface area contributed by atoms with Gasteiger partial charge in [0, 0.05) is 48.1 Å². The van der Waals surface area contributed by atoms with Crippen LogP contribution in [0.4, 0.5) is 17.3 Å². The summed E-state index contributed by atoms with van der Waals surface area (Å²) in [7, 11) is 0. The molecule has 0 fully saturated rings. The number of anilines is 3. The van der Waals surface area contributed by atoms with E-state index in [0.717, 1.165) is 28.7 Å². The van der Waals surface area contributed by atoms with E-state index in [1.54, 1.807) is 32.9 Å². The van der Waals surface area contributed by atoms with Crippen molar-refractivity contribution in [2.75, 3.05) is 23.4 Å². The van der Waals surface area contributed by atoms with Gasteiger partial charge in [0.25, 0.3) is 11.5 Å². The van der Waals surface area contributed by atoms with E-state index in [2.05, 4.69) is 25.9 Å². The molecule has 11 heteroatoms. The lowest BCUT2D eigenvalue weighted by molar-refractivity contribution is -0.121. The summed E-state index contributed by atoms with van der Waals surface area (Å²) in [4.78, 5) is 41.4. The molecule has 7 rings (SSSR count). The van der Waals surface area contributed by atoms with Gasteiger partial charge in [-0.15, -0.1) is 0 Å². The Morgan fingerprint density at radius 3 is 2.70 bits per heavy atom. The number of carbonyl (C=O) groups is 1. The zero-order chi connectivity index (χ0) is 30.2. The van der Waals surface area contributed by atoms with Crippen LogP contribution in [0.3, 0.4) is 0 Å². The number of amides is 1. The number of benzene rings is 2. The van der Waals surface area contributed by atoms with Crippen LogP contribution in [0.2, 0.25) is 0 Å². The van der Waals surface area contributed by atoms with E-state index in [-0.39, 0.29) is 18.1 Å². The van der Waals surface area contributed by atoms with Gasteiger partial charge < -0.3 is 19.5 Å². The number of aromatic nitrogens is 6. The quantitative estimate of drug-likeness (QED) is 0.239. The van der Waals surface area contributed by atoms with Crippen molar-refractivity contribution >= 4 is 45.2 Å². The molecular formula is C33H30N8O3. The highest BCUT2D eigenvalue weighted by molar-refractivity contribution is 5.98. The van der Waals surface area contributed by atoms with E-state index in [1.807, 2.05) is 80.7 Å². The normalized spacial score (nSPS) is 13.1. The first-order chi connectivity index (χ1) is 21.6. The average Bonchev–Trinajstić information content (AvgIpc) is 3.59. The van der Waals surface area contributed by atoms with Crippen molar-refractivity contribution in [3.05, 3.63) is 102 Å². The maximum Gasteiger partial charge on any atom is 0.278 e. The zero-order valence-electron chi connectivity index (χ0n) is 24.3. The molecule has 0 atom stereocenters. The van der Waals surface area contributed by atoms with Crippen molar-refractivity contribution in [1.82, 2.24) is 28.9 Å². The van der Waals surface area contributed by atoms with E-state index >= 15 is 0 Å². The highest BCUT2D eigenvalue weighted by atomic mass is 16.5. The van der Waals surface area contributed by atoms with Crippen molar-refractivity contribution in [2.24, 2.45) is 0 Å². The Balaban J connectivity index is 1.30. The molecule has 0 radical (unpaired) electrons. The predicted molar refractivity (Wildman–Crippen MR) is 170 cm³/mol. The molecule has 4 aromatic heterocycles. The lowest BCUT2D eigenvalue weighted by Crippen LogP contribution is -2.39. The highest BCUT2D eigenvalue weighted by Gasteiger charge is 2.26. The molecule has 1 aliphatic rings. The first-order valence-electron chi connectivity index (χ1n) is 14.5. The summed E-state index contributed by atoms with van der Waals surface area (Å²) in [6.45, 7) is 4.85. The predicted octanol–water partition coefficient (Wildman–Crippen LogP) is 5.38. The van der Waals surface area contributed by atoms with E-state index < -0.39 is 0 Å². The largest absolute Gasteiger partial charge is 0.482 e. The number of rotatable bonds is 8. The second-order valence-corrected chi connectivity index (χ2v) is 10.5. The average molecular weight is 587 g/mol. The fourth-order valence-corrected chi connectivity index (χ4v) is 5.59. The molecule has 0 unspecified atom stereocenters. The number of pyridine rings is 1. The lowest BCUT2D eigenvalue weighted by Gasteiger charge is -2.29. The maximum absolute atomic E-state index is 13.6. The number of ether oxygens (including phenoxy) is 1. The van der Waals surface area contributed by atoms with Crippen LogP contribution in [-0.2, 0) is 11.3 Å². The molecule has 1 amide bonds. The lowest BCUT2D eigenvalue weighted by atomic mass is 10.2. The second kappa shape index (κ2) is 11.2. The summed E-state index contributed by atoms with van der Waals surface area (Å²) in [6.07, 6.45) is 11.7. The first kappa shape index (κ1) is 27.1.